The van der Waals surface area contributed by atoms with Crippen LogP contribution in [0.3, 0.4) is 0 Å². The number of amides is 1. The third-order valence-electron chi connectivity index (χ3n) is 4.81. The van der Waals surface area contributed by atoms with Gasteiger partial charge in [0.05, 0.1) is 11.5 Å². The fraction of sp³-hybridized carbons (Fsp3) is 0.867. The van der Waals surface area contributed by atoms with Crippen LogP contribution >= 0.6 is 0 Å². The van der Waals surface area contributed by atoms with Gasteiger partial charge in [0.25, 0.3) is 0 Å². The molecule has 3 unspecified atom stereocenters. The highest BCUT2D eigenvalue weighted by molar-refractivity contribution is 5.84. The average Bonchev–Trinajstić information content (AvgIpc) is 2.84. The SMILES string of the molecule is CCCC1(C(=O)O)CCN(C(=O)C2CC(C)CCN2)C1. The molecule has 0 radical (unpaired) electrons. The van der Waals surface area contributed by atoms with Crippen LogP contribution in [-0.4, -0.2) is 47.6 Å². The topological polar surface area (TPSA) is 69.6 Å². The smallest absolute Gasteiger partial charge is 0.311 e. The number of piperidine rings is 1. The summed E-state index contributed by atoms with van der Waals surface area (Å²) < 4.78 is 0. The largest absolute Gasteiger partial charge is 0.481 e. The first-order valence-electron chi connectivity index (χ1n) is 7.74. The van der Waals surface area contributed by atoms with Crippen LogP contribution in [0.5, 0.6) is 0 Å². The summed E-state index contributed by atoms with van der Waals surface area (Å²) in [5, 5.41) is 12.8. The highest BCUT2D eigenvalue weighted by Gasteiger charge is 2.46. The minimum absolute atomic E-state index is 0.0933. The summed E-state index contributed by atoms with van der Waals surface area (Å²) in [5.74, 6) is -0.0944. The van der Waals surface area contributed by atoms with Crippen LogP contribution in [0.25, 0.3) is 0 Å². The number of carbonyl (C=O) groups is 2. The molecule has 2 aliphatic rings. The second kappa shape index (κ2) is 6.12. The molecule has 114 valence electrons. The van der Waals surface area contributed by atoms with Gasteiger partial charge in [0.15, 0.2) is 0 Å². The highest BCUT2D eigenvalue weighted by atomic mass is 16.4. The molecule has 1 amide bonds. The lowest BCUT2D eigenvalue weighted by Gasteiger charge is -2.31. The van der Waals surface area contributed by atoms with Crippen molar-refractivity contribution in [3.8, 4) is 0 Å². The van der Waals surface area contributed by atoms with E-state index < -0.39 is 11.4 Å². The maximum atomic E-state index is 12.5. The molecule has 2 saturated heterocycles. The number of likely N-dealkylation sites (tertiary alicyclic amines) is 1. The van der Waals surface area contributed by atoms with Crippen molar-refractivity contribution in [1.82, 2.24) is 10.2 Å². The molecule has 0 aromatic carbocycles. The molecule has 3 atom stereocenters. The number of rotatable bonds is 4. The summed E-state index contributed by atoms with van der Waals surface area (Å²) in [6.07, 6.45) is 4.06. The van der Waals surface area contributed by atoms with E-state index in [0.29, 0.717) is 31.8 Å². The molecule has 2 heterocycles. The van der Waals surface area contributed by atoms with Crippen molar-refractivity contribution in [2.45, 2.75) is 52.0 Å². The first kappa shape index (κ1) is 15.3. The third-order valence-corrected chi connectivity index (χ3v) is 4.81. The molecule has 20 heavy (non-hydrogen) atoms. The predicted octanol–water partition coefficient (Wildman–Crippen LogP) is 1.48. The van der Waals surface area contributed by atoms with Gasteiger partial charge in [-0.2, -0.15) is 0 Å². The molecule has 0 aliphatic carbocycles. The first-order valence-corrected chi connectivity index (χ1v) is 7.74. The molecule has 2 N–H and O–H groups in total. The van der Waals surface area contributed by atoms with Gasteiger partial charge in [-0.3, -0.25) is 9.59 Å². The monoisotopic (exact) mass is 282 g/mol. The van der Waals surface area contributed by atoms with E-state index in [1.165, 1.54) is 0 Å². The maximum Gasteiger partial charge on any atom is 0.311 e. The molecule has 0 saturated carbocycles. The van der Waals surface area contributed by atoms with E-state index in [2.05, 4.69) is 12.2 Å². The molecule has 2 fully saturated rings. The van der Waals surface area contributed by atoms with E-state index in [0.717, 1.165) is 25.8 Å². The lowest BCUT2D eigenvalue weighted by Crippen LogP contribution is -2.50. The second-order valence-corrected chi connectivity index (χ2v) is 6.48. The summed E-state index contributed by atoms with van der Waals surface area (Å²) in [4.78, 5) is 25.9. The molecule has 2 rings (SSSR count). The number of nitrogens with zero attached hydrogens (tertiary/aromatic N) is 1. The molecule has 5 heteroatoms. The average molecular weight is 282 g/mol. The van der Waals surface area contributed by atoms with Crippen molar-refractivity contribution >= 4 is 11.9 Å². The van der Waals surface area contributed by atoms with Crippen LogP contribution < -0.4 is 5.32 Å². The zero-order valence-corrected chi connectivity index (χ0v) is 12.5. The van der Waals surface area contributed by atoms with E-state index in [-0.39, 0.29) is 11.9 Å². The van der Waals surface area contributed by atoms with Crippen molar-refractivity contribution in [3.63, 3.8) is 0 Å². The fourth-order valence-corrected chi connectivity index (χ4v) is 3.54. The molecule has 0 bridgehead atoms. The zero-order valence-electron chi connectivity index (χ0n) is 12.5. The van der Waals surface area contributed by atoms with Crippen LogP contribution in [0.15, 0.2) is 0 Å². The normalized spacial score (nSPS) is 34.2. The van der Waals surface area contributed by atoms with Crippen LogP contribution in [0.2, 0.25) is 0 Å². The van der Waals surface area contributed by atoms with Crippen molar-refractivity contribution < 1.29 is 14.7 Å². The summed E-state index contributed by atoms with van der Waals surface area (Å²) in [6.45, 7) is 6.01. The van der Waals surface area contributed by atoms with E-state index in [1.807, 2.05) is 6.92 Å². The molecule has 0 aromatic rings. The van der Waals surface area contributed by atoms with Gasteiger partial charge < -0.3 is 15.3 Å². The Bertz CT molecular complexity index is 385. The summed E-state index contributed by atoms with van der Waals surface area (Å²) in [5.41, 5.74) is -0.718. The van der Waals surface area contributed by atoms with Crippen molar-refractivity contribution in [1.29, 1.82) is 0 Å². The third kappa shape index (κ3) is 2.97. The lowest BCUT2D eigenvalue weighted by molar-refractivity contribution is -0.149. The molecule has 2 aliphatic heterocycles. The van der Waals surface area contributed by atoms with E-state index >= 15 is 0 Å². The fourth-order valence-electron chi connectivity index (χ4n) is 3.54. The summed E-state index contributed by atoms with van der Waals surface area (Å²) in [7, 11) is 0. The minimum atomic E-state index is -0.750. The van der Waals surface area contributed by atoms with Crippen LogP contribution in [-0.2, 0) is 9.59 Å². The number of carbonyl (C=O) groups excluding carboxylic acids is 1. The van der Waals surface area contributed by atoms with Crippen LogP contribution in [0.4, 0.5) is 0 Å². The number of carboxylic acid groups (broad SMARTS) is 1. The van der Waals surface area contributed by atoms with Crippen LogP contribution in [0.1, 0.15) is 46.0 Å². The molecular weight excluding hydrogens is 256 g/mol. The van der Waals surface area contributed by atoms with Gasteiger partial charge in [0, 0.05) is 13.1 Å². The summed E-state index contributed by atoms with van der Waals surface area (Å²) in [6, 6.07) is -0.120. The first-order chi connectivity index (χ1) is 9.48. The number of carboxylic acids is 1. The predicted molar refractivity (Wildman–Crippen MR) is 76.4 cm³/mol. The van der Waals surface area contributed by atoms with Crippen LogP contribution in [0, 0.1) is 11.3 Å². The Kier molecular flexibility index (Phi) is 4.68. The van der Waals surface area contributed by atoms with Gasteiger partial charge in [-0.05, 0) is 38.1 Å². The van der Waals surface area contributed by atoms with E-state index in [9.17, 15) is 14.7 Å². The van der Waals surface area contributed by atoms with E-state index in [1.54, 1.807) is 4.90 Å². The quantitative estimate of drug-likeness (QED) is 0.819. The minimum Gasteiger partial charge on any atom is -0.481 e. The van der Waals surface area contributed by atoms with Crippen molar-refractivity contribution in [2.24, 2.45) is 11.3 Å². The lowest BCUT2D eigenvalue weighted by atomic mass is 9.83. The Hall–Kier alpha value is -1.10. The van der Waals surface area contributed by atoms with Gasteiger partial charge in [-0.25, -0.2) is 0 Å². The highest BCUT2D eigenvalue weighted by Crippen LogP contribution is 2.36. The Balaban J connectivity index is 2.00. The second-order valence-electron chi connectivity index (χ2n) is 6.48. The van der Waals surface area contributed by atoms with Crippen molar-refractivity contribution in [2.75, 3.05) is 19.6 Å². The van der Waals surface area contributed by atoms with Gasteiger partial charge >= 0.3 is 5.97 Å². The Morgan fingerprint density at radius 3 is 2.80 bits per heavy atom. The number of hydrogen-bond acceptors (Lipinski definition) is 3. The van der Waals surface area contributed by atoms with E-state index in [4.69, 9.17) is 0 Å². The molecule has 0 spiro atoms. The molecule has 5 nitrogen and oxygen atoms in total. The standard InChI is InChI=1S/C15H26N2O3/c1-3-5-15(14(19)20)6-8-17(10-15)13(18)12-9-11(2)4-7-16-12/h11-12,16H,3-10H2,1-2H3,(H,19,20). The van der Waals surface area contributed by atoms with Gasteiger partial charge in [-0.15, -0.1) is 0 Å². The maximum absolute atomic E-state index is 12.5. The number of aliphatic carboxylic acids is 1. The van der Waals surface area contributed by atoms with Gasteiger partial charge in [0.2, 0.25) is 5.91 Å². The van der Waals surface area contributed by atoms with Crippen molar-refractivity contribution in [3.05, 3.63) is 0 Å². The Labute approximate surface area is 120 Å². The van der Waals surface area contributed by atoms with Gasteiger partial charge in [-0.1, -0.05) is 20.3 Å². The Morgan fingerprint density at radius 1 is 1.45 bits per heavy atom. The number of nitrogens with one attached hydrogen (secondary N) is 1. The molecular formula is C15H26N2O3. The Morgan fingerprint density at radius 2 is 2.20 bits per heavy atom. The summed E-state index contributed by atoms with van der Waals surface area (Å²) >= 11 is 0. The number of hydrogen-bond donors (Lipinski definition) is 2. The van der Waals surface area contributed by atoms with Gasteiger partial charge in [0.1, 0.15) is 0 Å². The zero-order chi connectivity index (χ0) is 14.8. The molecule has 0 aromatic heterocycles.